The lowest BCUT2D eigenvalue weighted by atomic mass is 10.0. The summed E-state index contributed by atoms with van der Waals surface area (Å²) in [6, 6.07) is -0.572. The summed E-state index contributed by atoms with van der Waals surface area (Å²) in [4.78, 5) is 37.9. The molecule has 7 nitrogen and oxygen atoms in total. The number of likely N-dealkylation sites (tertiary alicyclic amines) is 1. The molecule has 1 atom stereocenters. The predicted octanol–water partition coefficient (Wildman–Crippen LogP) is 1.91. The van der Waals surface area contributed by atoms with Crippen molar-refractivity contribution in [3.8, 4) is 0 Å². The molecule has 0 aromatic rings. The molecule has 3 amide bonds. The Hall–Kier alpha value is -1.79. The second-order valence-electron chi connectivity index (χ2n) is 7.58. The Kier molecular flexibility index (Phi) is 8.72. The first kappa shape index (κ1) is 21.3. The van der Waals surface area contributed by atoms with E-state index in [9.17, 15) is 14.4 Å². The average molecular weight is 355 g/mol. The number of hydrogen-bond acceptors (Lipinski definition) is 4. The smallest absolute Gasteiger partial charge is 0.407 e. The van der Waals surface area contributed by atoms with Gasteiger partial charge in [-0.2, -0.15) is 0 Å². The summed E-state index contributed by atoms with van der Waals surface area (Å²) >= 11 is 0. The lowest BCUT2D eigenvalue weighted by Crippen LogP contribution is -2.53. The number of amides is 3. The molecule has 1 heterocycles. The maximum Gasteiger partial charge on any atom is 0.407 e. The van der Waals surface area contributed by atoms with Crippen LogP contribution in [-0.4, -0.2) is 55.1 Å². The van der Waals surface area contributed by atoms with Gasteiger partial charge in [-0.05, 0) is 31.1 Å². The monoisotopic (exact) mass is 355 g/mol. The van der Waals surface area contributed by atoms with Gasteiger partial charge in [0.05, 0.1) is 7.11 Å². The molecule has 0 bridgehead atoms. The van der Waals surface area contributed by atoms with E-state index < -0.39 is 12.1 Å². The minimum absolute atomic E-state index is 0.0321. The number of hydrogen-bond donors (Lipinski definition) is 2. The van der Waals surface area contributed by atoms with Gasteiger partial charge < -0.3 is 20.3 Å². The number of carbonyl (C=O) groups is 3. The highest BCUT2D eigenvalue weighted by molar-refractivity contribution is 5.85. The van der Waals surface area contributed by atoms with Crippen molar-refractivity contribution >= 4 is 17.9 Å². The predicted molar refractivity (Wildman–Crippen MR) is 96.0 cm³/mol. The molecule has 1 unspecified atom stereocenters. The summed E-state index contributed by atoms with van der Waals surface area (Å²) in [6.07, 6.45) is 1.99. The van der Waals surface area contributed by atoms with Crippen molar-refractivity contribution in [1.29, 1.82) is 0 Å². The SMILES string of the molecule is COC(=O)NC(CC(C)C)C(=O)NC1CCN(C(=O)CC(C)C)CC1. The first-order chi connectivity index (χ1) is 11.7. The topological polar surface area (TPSA) is 87.7 Å². The molecule has 1 fully saturated rings. The molecule has 25 heavy (non-hydrogen) atoms. The maximum absolute atomic E-state index is 12.5. The standard InChI is InChI=1S/C18H33N3O4/c1-12(2)10-15(20-18(24)25-5)17(23)19-14-6-8-21(9-7-14)16(22)11-13(3)4/h12-15H,6-11H2,1-5H3,(H,19,23)(H,20,24). The van der Waals surface area contributed by atoms with Crippen LogP contribution in [-0.2, 0) is 14.3 Å². The number of methoxy groups -OCH3 is 1. The number of alkyl carbamates (subject to hydrolysis) is 1. The van der Waals surface area contributed by atoms with E-state index >= 15 is 0 Å². The third-order valence-corrected chi connectivity index (χ3v) is 4.28. The van der Waals surface area contributed by atoms with Crippen LogP contribution < -0.4 is 10.6 Å². The second kappa shape index (κ2) is 10.3. The molecular weight excluding hydrogens is 322 g/mol. The minimum atomic E-state index is -0.604. The van der Waals surface area contributed by atoms with Gasteiger partial charge in [0.15, 0.2) is 0 Å². The summed E-state index contributed by atoms with van der Waals surface area (Å²) in [5.74, 6) is 0.616. The molecule has 0 spiro atoms. The Morgan fingerprint density at radius 2 is 1.68 bits per heavy atom. The number of nitrogens with zero attached hydrogens (tertiary/aromatic N) is 1. The Balaban J connectivity index is 2.50. The summed E-state index contributed by atoms with van der Waals surface area (Å²) in [7, 11) is 1.28. The number of piperidine rings is 1. The molecule has 0 aromatic heterocycles. The van der Waals surface area contributed by atoms with Crippen molar-refractivity contribution in [2.24, 2.45) is 11.8 Å². The first-order valence-electron chi connectivity index (χ1n) is 9.15. The van der Waals surface area contributed by atoms with Crippen LogP contribution in [0.4, 0.5) is 4.79 Å². The van der Waals surface area contributed by atoms with Crippen molar-refractivity contribution < 1.29 is 19.1 Å². The number of carbonyl (C=O) groups excluding carboxylic acids is 3. The van der Waals surface area contributed by atoms with E-state index in [-0.39, 0.29) is 23.8 Å². The normalized spacial score (nSPS) is 16.7. The molecular formula is C18H33N3O4. The molecule has 2 N–H and O–H groups in total. The Morgan fingerprint density at radius 1 is 1.08 bits per heavy atom. The fraction of sp³-hybridized carbons (Fsp3) is 0.833. The van der Waals surface area contributed by atoms with Gasteiger partial charge in [-0.3, -0.25) is 9.59 Å². The van der Waals surface area contributed by atoms with Gasteiger partial charge in [-0.15, -0.1) is 0 Å². The summed E-state index contributed by atoms with van der Waals surface area (Å²) in [5.41, 5.74) is 0. The van der Waals surface area contributed by atoms with Gasteiger partial charge in [-0.25, -0.2) is 4.79 Å². The number of nitrogens with one attached hydrogen (secondary N) is 2. The molecule has 1 saturated heterocycles. The third kappa shape index (κ3) is 7.75. The zero-order valence-corrected chi connectivity index (χ0v) is 16.1. The van der Waals surface area contributed by atoms with E-state index in [1.54, 1.807) is 0 Å². The Bertz CT molecular complexity index is 457. The van der Waals surface area contributed by atoms with E-state index in [1.807, 2.05) is 32.6 Å². The van der Waals surface area contributed by atoms with Gasteiger partial charge in [0.25, 0.3) is 0 Å². The highest BCUT2D eigenvalue weighted by Gasteiger charge is 2.28. The summed E-state index contributed by atoms with van der Waals surface area (Å²) in [5, 5.41) is 5.61. The first-order valence-corrected chi connectivity index (χ1v) is 9.15. The molecule has 1 aliphatic heterocycles. The lowest BCUT2D eigenvalue weighted by molar-refractivity contribution is -0.133. The van der Waals surface area contributed by atoms with Crippen LogP contribution in [0.2, 0.25) is 0 Å². The van der Waals surface area contributed by atoms with Gasteiger partial charge in [0.1, 0.15) is 6.04 Å². The highest BCUT2D eigenvalue weighted by atomic mass is 16.5. The molecule has 1 aliphatic rings. The second-order valence-corrected chi connectivity index (χ2v) is 7.58. The van der Waals surface area contributed by atoms with E-state index in [4.69, 9.17) is 0 Å². The molecule has 1 rings (SSSR count). The van der Waals surface area contributed by atoms with Crippen molar-refractivity contribution in [3.63, 3.8) is 0 Å². The summed E-state index contributed by atoms with van der Waals surface area (Å²) in [6.45, 7) is 9.39. The summed E-state index contributed by atoms with van der Waals surface area (Å²) < 4.78 is 4.60. The van der Waals surface area contributed by atoms with Gasteiger partial charge in [-0.1, -0.05) is 27.7 Å². The van der Waals surface area contributed by atoms with Crippen molar-refractivity contribution in [2.45, 2.75) is 65.5 Å². The van der Waals surface area contributed by atoms with Gasteiger partial charge >= 0.3 is 6.09 Å². The Morgan fingerprint density at radius 3 is 2.16 bits per heavy atom. The van der Waals surface area contributed by atoms with Gasteiger partial charge in [0.2, 0.25) is 11.8 Å². The van der Waals surface area contributed by atoms with Crippen LogP contribution in [0.15, 0.2) is 0 Å². The van der Waals surface area contributed by atoms with Crippen LogP contribution in [0, 0.1) is 11.8 Å². The molecule has 0 radical (unpaired) electrons. The fourth-order valence-electron chi connectivity index (χ4n) is 2.96. The molecule has 0 aliphatic carbocycles. The Labute approximate surface area is 150 Å². The highest BCUT2D eigenvalue weighted by Crippen LogP contribution is 2.14. The van der Waals surface area contributed by atoms with Crippen molar-refractivity contribution in [1.82, 2.24) is 15.5 Å². The quantitative estimate of drug-likeness (QED) is 0.730. The minimum Gasteiger partial charge on any atom is -0.453 e. The lowest BCUT2D eigenvalue weighted by Gasteiger charge is -2.33. The van der Waals surface area contributed by atoms with Crippen LogP contribution in [0.3, 0.4) is 0 Å². The third-order valence-electron chi connectivity index (χ3n) is 4.28. The molecule has 0 aromatic carbocycles. The van der Waals surface area contributed by atoms with E-state index in [2.05, 4.69) is 15.4 Å². The van der Waals surface area contributed by atoms with Crippen molar-refractivity contribution in [2.75, 3.05) is 20.2 Å². The van der Waals surface area contributed by atoms with Crippen LogP contribution in [0.5, 0.6) is 0 Å². The largest absolute Gasteiger partial charge is 0.453 e. The van der Waals surface area contributed by atoms with E-state index in [0.717, 1.165) is 12.8 Å². The molecule has 0 saturated carbocycles. The van der Waals surface area contributed by atoms with E-state index in [0.29, 0.717) is 31.8 Å². The molecule has 7 heteroatoms. The van der Waals surface area contributed by atoms with E-state index in [1.165, 1.54) is 7.11 Å². The number of rotatable bonds is 7. The van der Waals surface area contributed by atoms with Crippen LogP contribution in [0.25, 0.3) is 0 Å². The zero-order valence-electron chi connectivity index (χ0n) is 16.1. The van der Waals surface area contributed by atoms with Crippen LogP contribution >= 0.6 is 0 Å². The fourth-order valence-corrected chi connectivity index (χ4v) is 2.96. The van der Waals surface area contributed by atoms with Crippen LogP contribution in [0.1, 0.15) is 53.4 Å². The van der Waals surface area contributed by atoms with Gasteiger partial charge in [0, 0.05) is 25.6 Å². The maximum atomic E-state index is 12.5. The molecule has 144 valence electrons. The van der Waals surface area contributed by atoms with Crippen molar-refractivity contribution in [3.05, 3.63) is 0 Å². The average Bonchev–Trinajstić information content (AvgIpc) is 2.53. The number of ether oxygens (including phenoxy) is 1. The zero-order chi connectivity index (χ0) is 19.0.